The highest BCUT2D eigenvalue weighted by Crippen LogP contribution is 2.63. The van der Waals surface area contributed by atoms with E-state index < -0.39 is 138 Å². The second-order valence-electron chi connectivity index (χ2n) is 20.7. The SMILES string of the molecule is C=C1CC(CC(C)C(CO)OS(=O)(=O)O)OC(=O)C2C=CCC(O2)C2CC3(O)C(O)C(C)CCC3C3(O2)OC(c2cc(C)cc(O)c23)C2CC=CC(O2)C2CCC(O2)C2OC2C2OC1C(O)C2O. The third kappa shape index (κ3) is 8.71. The minimum atomic E-state index is -4.99. The lowest BCUT2D eigenvalue weighted by atomic mass is 9.61. The fourth-order valence-electron chi connectivity index (χ4n) is 12.6. The molecule has 5 saturated heterocycles. The van der Waals surface area contributed by atoms with Gasteiger partial charge in [-0.25, -0.2) is 8.98 Å². The quantitative estimate of drug-likeness (QED) is 0.0707. The Morgan fingerprint density at radius 3 is 2.38 bits per heavy atom. The van der Waals surface area contributed by atoms with Crippen molar-refractivity contribution in [2.24, 2.45) is 17.8 Å². The molecule has 7 N–H and O–H groups in total. The number of phenolic OH excluding ortho intramolecular Hbond substituents is 1. The summed E-state index contributed by atoms with van der Waals surface area (Å²) in [7, 11) is -4.99. The van der Waals surface area contributed by atoms with Crippen molar-refractivity contribution >= 4 is 16.4 Å². The molecule has 8 heterocycles. The number of rotatable bonds is 6. The second-order valence-corrected chi connectivity index (χ2v) is 21.7. The van der Waals surface area contributed by atoms with Gasteiger partial charge in [0.15, 0.2) is 6.10 Å². The van der Waals surface area contributed by atoms with E-state index in [-0.39, 0.29) is 55.1 Å². The zero-order valence-electron chi connectivity index (χ0n) is 38.2. The van der Waals surface area contributed by atoms with Crippen molar-refractivity contribution in [3.63, 3.8) is 0 Å². The number of carbonyl (C=O) groups is 1. The lowest BCUT2D eigenvalue weighted by Gasteiger charge is -2.58. The molecule has 1 saturated carbocycles. The normalized spacial score (nSPS) is 46.4. The van der Waals surface area contributed by atoms with Crippen LogP contribution in [0.1, 0.15) is 94.4 Å². The number of ether oxygens (including phenoxy) is 8. The van der Waals surface area contributed by atoms with Crippen LogP contribution in [0.3, 0.4) is 0 Å². The molecule has 0 amide bonds. The highest BCUT2D eigenvalue weighted by atomic mass is 32.3. The molecular formula is C48H64O19S. The van der Waals surface area contributed by atoms with Gasteiger partial charge in [-0.05, 0) is 92.5 Å². The summed E-state index contributed by atoms with van der Waals surface area (Å²) < 4.78 is 90.4. The van der Waals surface area contributed by atoms with Crippen molar-refractivity contribution in [3.8, 4) is 5.75 Å². The molecule has 9 aliphatic rings. The third-order valence-electron chi connectivity index (χ3n) is 16.0. The maximum absolute atomic E-state index is 14.3. The number of hydrogen-bond acceptors (Lipinski definition) is 18. The number of benzene rings is 1. The van der Waals surface area contributed by atoms with E-state index in [1.807, 2.05) is 32.1 Å². The fourth-order valence-corrected chi connectivity index (χ4v) is 13.2. The minimum Gasteiger partial charge on any atom is -0.507 e. The van der Waals surface area contributed by atoms with Crippen LogP contribution in [0.4, 0.5) is 0 Å². The van der Waals surface area contributed by atoms with Crippen LogP contribution in [-0.2, 0) is 63.1 Å². The van der Waals surface area contributed by atoms with Crippen molar-refractivity contribution in [3.05, 3.63) is 65.3 Å². The van der Waals surface area contributed by atoms with E-state index in [1.165, 1.54) is 13.0 Å². The van der Waals surface area contributed by atoms with Crippen LogP contribution in [0.2, 0.25) is 0 Å². The van der Waals surface area contributed by atoms with Crippen molar-refractivity contribution in [1.82, 2.24) is 0 Å². The first-order valence-electron chi connectivity index (χ1n) is 24.0. The summed E-state index contributed by atoms with van der Waals surface area (Å²) in [6.07, 6.45) is -6.17. The van der Waals surface area contributed by atoms with Crippen molar-refractivity contribution < 1.29 is 90.5 Å². The molecule has 0 radical (unpaired) electrons. The average Bonchev–Trinajstić information content (AvgIpc) is 3.63. The molecule has 1 aromatic carbocycles. The first-order chi connectivity index (χ1) is 32.3. The first-order valence-corrected chi connectivity index (χ1v) is 25.4. The summed E-state index contributed by atoms with van der Waals surface area (Å²) in [5, 5.41) is 69.6. The topological polar surface area (TPSA) is 279 Å². The molecule has 19 nitrogen and oxygen atoms in total. The van der Waals surface area contributed by atoms with E-state index in [0.29, 0.717) is 43.2 Å². The molecule has 1 aromatic rings. The van der Waals surface area contributed by atoms with Gasteiger partial charge in [-0.2, -0.15) is 8.42 Å². The van der Waals surface area contributed by atoms with Gasteiger partial charge in [-0.1, -0.05) is 44.7 Å². The fraction of sp³-hybridized carbons (Fsp3) is 0.729. The predicted molar refractivity (Wildman–Crippen MR) is 234 cm³/mol. The summed E-state index contributed by atoms with van der Waals surface area (Å²) in [5.74, 6) is -4.80. The van der Waals surface area contributed by atoms with Gasteiger partial charge in [-0.3, -0.25) is 4.55 Å². The predicted octanol–water partition coefficient (Wildman–Crippen LogP) is 2.16. The number of fused-ring (bicyclic) bond motifs is 19. The number of aromatic hydroxyl groups is 1. The number of epoxide rings is 1. The summed E-state index contributed by atoms with van der Waals surface area (Å²) in [5.41, 5.74) is 0.132. The number of hydrogen-bond donors (Lipinski definition) is 7. The maximum Gasteiger partial charge on any atom is 0.397 e. The van der Waals surface area contributed by atoms with Gasteiger partial charge in [0.2, 0.25) is 5.79 Å². The van der Waals surface area contributed by atoms with Crippen LogP contribution in [0.25, 0.3) is 0 Å². The Morgan fingerprint density at radius 2 is 1.62 bits per heavy atom. The molecule has 10 rings (SSSR count). The standard InChI is InChI=1S/C48H64O19S/c1-21-15-26-37(27(50)16-21)48-36-14-11-22(2)45(53)47(36,55)19-34(65-48)29-8-6-10-33(62-29)46(54)59-25(17-23(3)35(20-49)67-68(56,57)58)18-24(4)40-38(51)39(52)43(63-40)44-42(64-44)32-13-12-30(61-32)28-7-5-9-31(60-28)41(26)66-48/h5-7,10,15-16,22-23,25,28-36,38-45,49-53,55H,4,8-9,11-14,17-20H2,1-3H3,(H,56,57,58). The van der Waals surface area contributed by atoms with E-state index in [0.717, 1.165) is 5.56 Å². The number of aliphatic hydroxyl groups is 5. The second kappa shape index (κ2) is 18.3. The Balaban J connectivity index is 1.01. The van der Waals surface area contributed by atoms with Crippen LogP contribution < -0.4 is 0 Å². The summed E-state index contributed by atoms with van der Waals surface area (Å²) in [6, 6.07) is 3.54. The number of aliphatic hydroxyl groups excluding tert-OH is 4. The molecule has 6 fully saturated rings. The monoisotopic (exact) mass is 976 g/mol. The van der Waals surface area contributed by atoms with Gasteiger partial charge >= 0.3 is 16.4 Å². The third-order valence-corrected chi connectivity index (χ3v) is 16.5. The zero-order valence-corrected chi connectivity index (χ0v) is 39.0. The summed E-state index contributed by atoms with van der Waals surface area (Å²) in [6.45, 7) is 8.59. The number of aryl methyl sites for hydroxylation is 1. The molecule has 0 aromatic heterocycles. The number of phenols is 1. The van der Waals surface area contributed by atoms with E-state index in [2.05, 4.69) is 6.58 Å². The van der Waals surface area contributed by atoms with Gasteiger partial charge in [0, 0.05) is 18.8 Å². The van der Waals surface area contributed by atoms with Gasteiger partial charge < -0.3 is 68.5 Å². The molecule has 11 bridgehead atoms. The molecule has 22 unspecified atom stereocenters. The van der Waals surface area contributed by atoms with E-state index in [1.54, 1.807) is 12.1 Å². The molecule has 1 aliphatic carbocycles. The zero-order chi connectivity index (χ0) is 48.2. The average molecular weight is 977 g/mol. The molecule has 20 heteroatoms. The minimum absolute atomic E-state index is 0.103. The van der Waals surface area contributed by atoms with Crippen LogP contribution >= 0.6 is 0 Å². The Bertz CT molecular complexity index is 2270. The van der Waals surface area contributed by atoms with Gasteiger partial charge in [0.1, 0.15) is 72.4 Å². The number of cyclic esters (lactones) is 1. The summed E-state index contributed by atoms with van der Waals surface area (Å²) in [4.78, 5) is 14.3. The summed E-state index contributed by atoms with van der Waals surface area (Å²) >= 11 is 0. The van der Waals surface area contributed by atoms with Crippen molar-refractivity contribution in [2.45, 2.75) is 194 Å². The van der Waals surface area contributed by atoms with E-state index in [9.17, 15) is 48.4 Å². The molecule has 68 heavy (non-hydrogen) atoms. The van der Waals surface area contributed by atoms with Crippen LogP contribution in [0.15, 0.2) is 48.6 Å². The highest BCUT2D eigenvalue weighted by molar-refractivity contribution is 7.80. The molecular weight excluding hydrogens is 913 g/mol. The lowest BCUT2D eigenvalue weighted by molar-refractivity contribution is -0.394. The maximum atomic E-state index is 14.3. The van der Waals surface area contributed by atoms with E-state index in [4.69, 9.17) is 42.1 Å². The van der Waals surface area contributed by atoms with Crippen LogP contribution in [0, 0.1) is 24.7 Å². The van der Waals surface area contributed by atoms with Crippen molar-refractivity contribution in [2.75, 3.05) is 6.61 Å². The Kier molecular flexibility index (Phi) is 13.1. The van der Waals surface area contributed by atoms with Gasteiger partial charge in [0.25, 0.3) is 0 Å². The Hall–Kier alpha value is -2.90. The highest BCUT2D eigenvalue weighted by Gasteiger charge is 2.69. The first kappa shape index (κ1) is 48.7. The van der Waals surface area contributed by atoms with Crippen LogP contribution in [0.5, 0.6) is 5.75 Å². The largest absolute Gasteiger partial charge is 0.507 e. The van der Waals surface area contributed by atoms with Gasteiger partial charge in [0.05, 0.1) is 48.8 Å². The van der Waals surface area contributed by atoms with E-state index >= 15 is 0 Å². The molecule has 22 atom stereocenters. The number of carbonyl (C=O) groups excluding carboxylic acids is 1. The molecule has 376 valence electrons. The Morgan fingerprint density at radius 1 is 0.868 bits per heavy atom. The smallest absolute Gasteiger partial charge is 0.397 e. The number of esters is 1. The van der Waals surface area contributed by atoms with Crippen LogP contribution in [-0.4, -0.2) is 159 Å². The van der Waals surface area contributed by atoms with Gasteiger partial charge in [-0.15, -0.1) is 0 Å². The van der Waals surface area contributed by atoms with Crippen molar-refractivity contribution in [1.29, 1.82) is 0 Å². The Labute approximate surface area is 394 Å². The molecule has 1 spiro atoms. The lowest BCUT2D eigenvalue weighted by Crippen LogP contribution is -2.68. The molecule has 8 aliphatic heterocycles.